The van der Waals surface area contributed by atoms with Crippen LogP contribution >= 0.6 is 11.3 Å². The molecule has 0 amide bonds. The van der Waals surface area contributed by atoms with Crippen molar-refractivity contribution >= 4 is 43.1 Å². The fourth-order valence-corrected chi connectivity index (χ4v) is 7.33. The lowest BCUT2D eigenvalue weighted by molar-refractivity contribution is 1.18. The molecule has 0 radical (unpaired) electrons. The molecule has 0 aliphatic heterocycles. The second-order valence-electron chi connectivity index (χ2n) is 11.7. The van der Waals surface area contributed by atoms with Crippen molar-refractivity contribution in [2.24, 2.45) is 0 Å². The average Bonchev–Trinajstić information content (AvgIpc) is 3.60. The van der Waals surface area contributed by atoms with Crippen LogP contribution < -0.4 is 0 Å². The van der Waals surface area contributed by atoms with Gasteiger partial charge in [0.15, 0.2) is 5.82 Å². The minimum absolute atomic E-state index is 0.707. The zero-order valence-electron chi connectivity index (χ0n) is 25.3. The van der Waals surface area contributed by atoms with Crippen molar-refractivity contribution in [2.75, 3.05) is 0 Å². The molecule has 3 nitrogen and oxygen atoms in total. The van der Waals surface area contributed by atoms with E-state index in [1.165, 1.54) is 26.2 Å². The van der Waals surface area contributed by atoms with Crippen molar-refractivity contribution in [2.45, 2.75) is 0 Å². The van der Waals surface area contributed by atoms with Crippen LogP contribution in [-0.2, 0) is 0 Å². The van der Waals surface area contributed by atoms with Gasteiger partial charge in [0.05, 0.1) is 21.6 Å². The highest BCUT2D eigenvalue weighted by Crippen LogP contribution is 2.39. The van der Waals surface area contributed by atoms with Gasteiger partial charge in [0.25, 0.3) is 0 Å². The number of benzene rings is 7. The number of fused-ring (bicyclic) bond motifs is 5. The van der Waals surface area contributed by atoms with Crippen LogP contribution in [0.1, 0.15) is 0 Å². The summed E-state index contributed by atoms with van der Waals surface area (Å²) in [6.07, 6.45) is 0. The molecule has 0 atom stereocenters. The topological polar surface area (TPSA) is 38.7 Å². The maximum absolute atomic E-state index is 5.15. The van der Waals surface area contributed by atoms with Gasteiger partial charge in [0.2, 0.25) is 0 Å². The maximum atomic E-state index is 5.15. The summed E-state index contributed by atoms with van der Waals surface area (Å²) >= 11 is 1.75. The lowest BCUT2D eigenvalue weighted by Crippen LogP contribution is -1.96. The van der Waals surface area contributed by atoms with Crippen LogP contribution in [0, 0.1) is 0 Å². The number of thiazole rings is 1. The molecule has 4 heteroatoms. The van der Waals surface area contributed by atoms with Gasteiger partial charge >= 0.3 is 0 Å². The molecule has 0 bridgehead atoms. The van der Waals surface area contributed by atoms with E-state index in [0.29, 0.717) is 5.82 Å². The molecule has 7 aromatic carbocycles. The molecule has 47 heavy (non-hydrogen) atoms. The summed E-state index contributed by atoms with van der Waals surface area (Å²) in [4.78, 5) is 15.3. The Morgan fingerprint density at radius 3 is 1.66 bits per heavy atom. The molecule has 0 N–H and O–H groups in total. The molecular weight excluding hydrogens is 591 g/mol. The van der Waals surface area contributed by atoms with E-state index >= 15 is 0 Å². The van der Waals surface area contributed by atoms with Gasteiger partial charge < -0.3 is 0 Å². The van der Waals surface area contributed by atoms with E-state index in [-0.39, 0.29) is 0 Å². The van der Waals surface area contributed by atoms with Crippen LogP contribution in [0.4, 0.5) is 0 Å². The van der Waals surface area contributed by atoms with Crippen LogP contribution in [0.3, 0.4) is 0 Å². The van der Waals surface area contributed by atoms with E-state index in [2.05, 4.69) is 121 Å². The number of aromatic nitrogens is 3. The summed E-state index contributed by atoms with van der Waals surface area (Å²) in [6, 6.07) is 57.3. The zero-order valence-corrected chi connectivity index (χ0v) is 26.2. The highest BCUT2D eigenvalue weighted by molar-refractivity contribution is 7.21. The quantitative estimate of drug-likeness (QED) is 0.180. The first kappa shape index (κ1) is 27.3. The summed E-state index contributed by atoms with van der Waals surface area (Å²) in [7, 11) is 0. The second kappa shape index (κ2) is 11.4. The summed E-state index contributed by atoms with van der Waals surface area (Å²) < 4.78 is 1.20. The molecule has 0 aliphatic rings. The van der Waals surface area contributed by atoms with Crippen molar-refractivity contribution in [3.05, 3.63) is 164 Å². The molecule has 0 saturated heterocycles. The molecular formula is C43H27N3S. The maximum Gasteiger partial charge on any atom is 0.160 e. The molecule has 0 spiro atoms. The Kier molecular flexibility index (Phi) is 6.65. The van der Waals surface area contributed by atoms with Gasteiger partial charge in [-0.05, 0) is 51.6 Å². The minimum Gasteiger partial charge on any atom is -0.235 e. The van der Waals surface area contributed by atoms with Gasteiger partial charge in [-0.3, -0.25) is 0 Å². The highest BCUT2D eigenvalue weighted by Gasteiger charge is 2.14. The summed E-state index contributed by atoms with van der Waals surface area (Å²) in [5.41, 5.74) is 9.41. The second-order valence-corrected chi connectivity index (χ2v) is 12.7. The van der Waals surface area contributed by atoms with E-state index in [4.69, 9.17) is 15.0 Å². The predicted molar refractivity (Wildman–Crippen MR) is 197 cm³/mol. The molecule has 9 aromatic rings. The van der Waals surface area contributed by atoms with Crippen molar-refractivity contribution in [1.82, 2.24) is 15.0 Å². The number of hydrogen-bond donors (Lipinski definition) is 0. The standard InChI is InChI=1S/C43H27N3S/c1-4-11-28(12-5-1)37-27-38(29-13-6-2-7-14-29)45-42(44-37)35-18-10-17-32(26-35)33-21-23-36-34(25-33)20-19-30-22-24-39-41(40(30)36)46-43(47-39)31-15-8-3-9-16-31/h1-27H. The highest BCUT2D eigenvalue weighted by atomic mass is 32.1. The van der Waals surface area contributed by atoms with Gasteiger partial charge in [-0.15, -0.1) is 11.3 Å². The third kappa shape index (κ3) is 5.05. The van der Waals surface area contributed by atoms with Crippen LogP contribution in [0.15, 0.2) is 164 Å². The van der Waals surface area contributed by atoms with Gasteiger partial charge in [0, 0.05) is 27.6 Å². The predicted octanol–water partition coefficient (Wildman–Crippen LogP) is 11.7. The monoisotopic (exact) mass is 617 g/mol. The first-order valence-corrected chi connectivity index (χ1v) is 16.5. The fourth-order valence-electron chi connectivity index (χ4n) is 6.35. The summed E-state index contributed by atoms with van der Waals surface area (Å²) in [6.45, 7) is 0. The summed E-state index contributed by atoms with van der Waals surface area (Å²) in [5.74, 6) is 0.707. The Morgan fingerprint density at radius 1 is 0.383 bits per heavy atom. The van der Waals surface area contributed by atoms with Crippen molar-refractivity contribution in [3.8, 4) is 55.6 Å². The molecule has 0 unspecified atom stereocenters. The van der Waals surface area contributed by atoms with E-state index in [9.17, 15) is 0 Å². The molecule has 9 rings (SSSR count). The third-order valence-electron chi connectivity index (χ3n) is 8.70. The Bertz CT molecular complexity index is 2500. The largest absolute Gasteiger partial charge is 0.235 e. The van der Waals surface area contributed by atoms with Gasteiger partial charge in [0.1, 0.15) is 5.01 Å². The smallest absolute Gasteiger partial charge is 0.160 e. The molecule has 0 saturated carbocycles. The Labute approximate surface area is 276 Å². The number of rotatable bonds is 5. The molecule has 220 valence electrons. The number of nitrogens with zero attached hydrogens (tertiary/aromatic N) is 3. The van der Waals surface area contributed by atoms with Gasteiger partial charge in [-0.25, -0.2) is 15.0 Å². The average molecular weight is 618 g/mol. The van der Waals surface area contributed by atoms with Crippen molar-refractivity contribution in [1.29, 1.82) is 0 Å². The van der Waals surface area contributed by atoms with Crippen molar-refractivity contribution < 1.29 is 0 Å². The van der Waals surface area contributed by atoms with Crippen molar-refractivity contribution in [3.63, 3.8) is 0 Å². The third-order valence-corrected chi connectivity index (χ3v) is 9.77. The SMILES string of the molecule is c1ccc(-c2cc(-c3ccccc3)nc(-c3cccc(-c4ccc5c(ccc6ccc7sc(-c8ccccc8)nc7c65)c4)c3)n2)cc1. The van der Waals surface area contributed by atoms with Crippen LogP contribution in [0.5, 0.6) is 0 Å². The fraction of sp³-hybridized carbons (Fsp3) is 0. The first-order chi connectivity index (χ1) is 23.3. The molecule has 0 fully saturated rings. The molecule has 0 aliphatic carbocycles. The first-order valence-electron chi connectivity index (χ1n) is 15.7. The summed E-state index contributed by atoms with van der Waals surface area (Å²) in [5, 5.41) is 5.86. The minimum atomic E-state index is 0.707. The van der Waals surface area contributed by atoms with Crippen LogP contribution in [0.25, 0.3) is 87.4 Å². The van der Waals surface area contributed by atoms with Crippen LogP contribution in [-0.4, -0.2) is 15.0 Å². The van der Waals surface area contributed by atoms with E-state index < -0.39 is 0 Å². The lowest BCUT2D eigenvalue weighted by Gasteiger charge is -2.11. The van der Waals surface area contributed by atoms with Gasteiger partial charge in [-0.2, -0.15) is 0 Å². The molecule has 2 heterocycles. The van der Waals surface area contributed by atoms with E-state index in [1.807, 2.05) is 42.5 Å². The Balaban J connectivity index is 1.15. The van der Waals surface area contributed by atoms with E-state index in [1.54, 1.807) is 11.3 Å². The zero-order chi connectivity index (χ0) is 31.2. The van der Waals surface area contributed by atoms with Gasteiger partial charge in [-0.1, -0.05) is 140 Å². The van der Waals surface area contributed by atoms with Crippen LogP contribution in [0.2, 0.25) is 0 Å². The Morgan fingerprint density at radius 2 is 0.957 bits per heavy atom. The van der Waals surface area contributed by atoms with E-state index in [0.717, 1.165) is 55.3 Å². The molecule has 2 aromatic heterocycles. The normalized spacial score (nSPS) is 11.4. The number of hydrogen-bond acceptors (Lipinski definition) is 4. The lowest BCUT2D eigenvalue weighted by atomic mass is 9.96. The Hall–Kier alpha value is -5.97.